The Kier molecular flexibility index (Phi) is 5.96. The molecular formula is C21H26N4O2. The molecule has 0 saturated carbocycles. The second kappa shape index (κ2) is 8.58. The molecule has 2 aromatic rings. The van der Waals surface area contributed by atoms with Gasteiger partial charge in [0.2, 0.25) is 0 Å². The van der Waals surface area contributed by atoms with E-state index < -0.39 is 0 Å². The molecule has 0 radical (unpaired) electrons. The molecule has 1 aliphatic rings. The van der Waals surface area contributed by atoms with Crippen molar-refractivity contribution < 1.29 is 9.59 Å². The lowest BCUT2D eigenvalue weighted by Gasteiger charge is -2.36. The van der Waals surface area contributed by atoms with Gasteiger partial charge >= 0.3 is 6.03 Å². The fourth-order valence-electron chi connectivity index (χ4n) is 3.09. The first-order valence-electron chi connectivity index (χ1n) is 9.30. The highest BCUT2D eigenvalue weighted by atomic mass is 16.2. The van der Waals surface area contributed by atoms with E-state index in [4.69, 9.17) is 0 Å². The van der Waals surface area contributed by atoms with Crippen LogP contribution in [-0.4, -0.2) is 49.1 Å². The lowest BCUT2D eigenvalue weighted by Crippen LogP contribution is -2.50. The van der Waals surface area contributed by atoms with E-state index >= 15 is 0 Å². The molecule has 1 saturated heterocycles. The van der Waals surface area contributed by atoms with E-state index in [1.165, 1.54) is 5.69 Å². The van der Waals surface area contributed by atoms with Gasteiger partial charge < -0.3 is 20.4 Å². The van der Waals surface area contributed by atoms with Gasteiger partial charge in [0.05, 0.1) is 0 Å². The number of hydrogen-bond acceptors (Lipinski definition) is 3. The van der Waals surface area contributed by atoms with E-state index in [1.54, 1.807) is 29.2 Å². The molecule has 2 N–H and O–H groups in total. The summed E-state index contributed by atoms with van der Waals surface area (Å²) in [6, 6.07) is 17.2. The lowest BCUT2D eigenvalue weighted by molar-refractivity contribution is 0.0943. The second-order valence-corrected chi connectivity index (χ2v) is 6.95. The number of piperazine rings is 1. The molecular weight excluding hydrogens is 340 g/mol. The van der Waals surface area contributed by atoms with E-state index in [9.17, 15) is 9.59 Å². The first-order valence-corrected chi connectivity index (χ1v) is 9.30. The highest BCUT2D eigenvalue weighted by Crippen LogP contribution is 2.17. The van der Waals surface area contributed by atoms with E-state index in [0.717, 1.165) is 13.1 Å². The van der Waals surface area contributed by atoms with Gasteiger partial charge in [-0.2, -0.15) is 0 Å². The molecule has 0 aromatic heterocycles. The third-order valence-corrected chi connectivity index (χ3v) is 4.48. The first kappa shape index (κ1) is 18.8. The Labute approximate surface area is 160 Å². The van der Waals surface area contributed by atoms with Crippen LogP contribution >= 0.6 is 0 Å². The van der Waals surface area contributed by atoms with Gasteiger partial charge in [-0.05, 0) is 44.2 Å². The van der Waals surface area contributed by atoms with Gasteiger partial charge in [-0.25, -0.2) is 4.79 Å². The minimum absolute atomic E-state index is 0.0663. The van der Waals surface area contributed by atoms with Gasteiger partial charge in [-0.3, -0.25) is 4.79 Å². The smallest absolute Gasteiger partial charge is 0.321 e. The third kappa shape index (κ3) is 5.00. The Morgan fingerprint density at radius 3 is 2.30 bits per heavy atom. The Balaban J connectivity index is 1.56. The van der Waals surface area contributed by atoms with Crippen LogP contribution in [0.2, 0.25) is 0 Å². The number of nitrogens with one attached hydrogen (secondary N) is 2. The molecule has 6 nitrogen and oxygen atoms in total. The predicted molar refractivity (Wildman–Crippen MR) is 108 cm³/mol. The average Bonchev–Trinajstić information content (AvgIpc) is 2.68. The van der Waals surface area contributed by atoms with Crippen LogP contribution in [-0.2, 0) is 0 Å². The highest BCUT2D eigenvalue weighted by molar-refractivity contribution is 5.97. The van der Waals surface area contributed by atoms with Crippen molar-refractivity contribution in [3.05, 3.63) is 60.2 Å². The zero-order valence-corrected chi connectivity index (χ0v) is 15.8. The second-order valence-electron chi connectivity index (χ2n) is 6.95. The largest absolute Gasteiger partial charge is 0.368 e. The summed E-state index contributed by atoms with van der Waals surface area (Å²) in [5, 5.41) is 5.76. The Hall–Kier alpha value is -3.02. The topological polar surface area (TPSA) is 64.7 Å². The molecule has 2 aromatic carbocycles. The van der Waals surface area contributed by atoms with Gasteiger partial charge in [0.25, 0.3) is 5.91 Å². The van der Waals surface area contributed by atoms with Gasteiger partial charge in [0, 0.05) is 49.2 Å². The molecule has 0 unspecified atom stereocenters. The lowest BCUT2D eigenvalue weighted by atomic mass is 10.2. The van der Waals surface area contributed by atoms with Crippen LogP contribution in [0.3, 0.4) is 0 Å². The molecule has 3 amide bonds. The fourth-order valence-corrected chi connectivity index (χ4v) is 3.09. The molecule has 0 spiro atoms. The number of hydrogen-bond donors (Lipinski definition) is 2. The number of rotatable bonds is 4. The van der Waals surface area contributed by atoms with Crippen LogP contribution in [0.15, 0.2) is 54.6 Å². The van der Waals surface area contributed by atoms with Crippen molar-refractivity contribution in [3.8, 4) is 0 Å². The maximum Gasteiger partial charge on any atom is 0.321 e. The summed E-state index contributed by atoms with van der Waals surface area (Å²) in [4.78, 5) is 28.8. The van der Waals surface area contributed by atoms with Crippen LogP contribution in [0, 0.1) is 0 Å². The minimum atomic E-state index is -0.141. The first-order chi connectivity index (χ1) is 13.0. The number of carbonyl (C=O) groups excluding carboxylic acids is 2. The number of anilines is 2. The SMILES string of the molecule is CC(C)NC(=O)c1cccc(NC(=O)N2CCN(c3ccccc3)CC2)c1. The Morgan fingerprint density at radius 2 is 1.63 bits per heavy atom. The zero-order valence-electron chi connectivity index (χ0n) is 15.8. The normalized spacial score (nSPS) is 14.2. The fraction of sp³-hybridized carbons (Fsp3) is 0.333. The number of carbonyl (C=O) groups is 2. The van der Waals surface area contributed by atoms with Crippen LogP contribution in [0.1, 0.15) is 24.2 Å². The molecule has 0 atom stereocenters. The van der Waals surface area contributed by atoms with Crippen molar-refractivity contribution in [1.29, 1.82) is 0 Å². The maximum absolute atomic E-state index is 12.6. The maximum atomic E-state index is 12.6. The molecule has 1 aliphatic heterocycles. The molecule has 0 bridgehead atoms. The number of amides is 3. The highest BCUT2D eigenvalue weighted by Gasteiger charge is 2.21. The number of para-hydroxylation sites is 1. The van der Waals surface area contributed by atoms with Crippen molar-refractivity contribution in [1.82, 2.24) is 10.2 Å². The summed E-state index contributed by atoms with van der Waals surface area (Å²) in [6.07, 6.45) is 0. The van der Waals surface area contributed by atoms with E-state index in [-0.39, 0.29) is 18.0 Å². The predicted octanol–water partition coefficient (Wildman–Crippen LogP) is 3.18. The van der Waals surface area contributed by atoms with E-state index in [1.807, 2.05) is 32.0 Å². The van der Waals surface area contributed by atoms with E-state index in [2.05, 4.69) is 27.7 Å². The Bertz CT molecular complexity index is 784. The molecule has 1 fully saturated rings. The number of nitrogens with zero attached hydrogens (tertiary/aromatic N) is 2. The molecule has 0 aliphatic carbocycles. The van der Waals surface area contributed by atoms with Crippen LogP contribution in [0.4, 0.5) is 16.2 Å². The van der Waals surface area contributed by atoms with Gasteiger partial charge in [0.15, 0.2) is 0 Å². The van der Waals surface area contributed by atoms with Gasteiger partial charge in [-0.15, -0.1) is 0 Å². The Morgan fingerprint density at radius 1 is 0.926 bits per heavy atom. The third-order valence-electron chi connectivity index (χ3n) is 4.48. The molecule has 3 rings (SSSR count). The molecule has 6 heteroatoms. The number of benzene rings is 2. The van der Waals surface area contributed by atoms with Gasteiger partial charge in [-0.1, -0.05) is 24.3 Å². The quantitative estimate of drug-likeness (QED) is 0.873. The number of urea groups is 1. The summed E-state index contributed by atoms with van der Waals surface area (Å²) >= 11 is 0. The van der Waals surface area contributed by atoms with Crippen LogP contribution in [0.25, 0.3) is 0 Å². The monoisotopic (exact) mass is 366 g/mol. The van der Waals surface area contributed by atoms with Crippen molar-refractivity contribution in [2.24, 2.45) is 0 Å². The van der Waals surface area contributed by atoms with Crippen LogP contribution < -0.4 is 15.5 Å². The molecule has 27 heavy (non-hydrogen) atoms. The minimum Gasteiger partial charge on any atom is -0.368 e. The van der Waals surface area contributed by atoms with Crippen molar-refractivity contribution >= 4 is 23.3 Å². The summed E-state index contributed by atoms with van der Waals surface area (Å²) in [5.41, 5.74) is 2.35. The van der Waals surface area contributed by atoms with Gasteiger partial charge in [0.1, 0.15) is 0 Å². The zero-order chi connectivity index (χ0) is 19.2. The van der Waals surface area contributed by atoms with Crippen molar-refractivity contribution in [3.63, 3.8) is 0 Å². The molecule has 1 heterocycles. The van der Waals surface area contributed by atoms with Crippen LogP contribution in [0.5, 0.6) is 0 Å². The molecule has 142 valence electrons. The summed E-state index contributed by atoms with van der Waals surface area (Å²) in [7, 11) is 0. The van der Waals surface area contributed by atoms with E-state index in [0.29, 0.717) is 24.3 Å². The average molecular weight is 366 g/mol. The summed E-state index contributed by atoms with van der Waals surface area (Å²) < 4.78 is 0. The summed E-state index contributed by atoms with van der Waals surface area (Å²) in [5.74, 6) is -0.141. The van der Waals surface area contributed by atoms with Crippen molar-refractivity contribution in [2.75, 3.05) is 36.4 Å². The standard InChI is InChI=1S/C21H26N4O2/c1-16(2)22-20(26)17-7-6-8-18(15-17)23-21(27)25-13-11-24(12-14-25)19-9-4-3-5-10-19/h3-10,15-16H,11-14H2,1-2H3,(H,22,26)(H,23,27). The summed E-state index contributed by atoms with van der Waals surface area (Å²) in [6.45, 7) is 6.75. The van der Waals surface area contributed by atoms with Crippen molar-refractivity contribution in [2.45, 2.75) is 19.9 Å².